The number of furan rings is 1. The van der Waals surface area contributed by atoms with Crippen molar-refractivity contribution in [2.75, 3.05) is 0 Å². The van der Waals surface area contributed by atoms with E-state index in [-0.39, 0.29) is 5.56 Å². The fraction of sp³-hybridized carbons (Fsp3) is 0.100. The van der Waals surface area contributed by atoms with Crippen LogP contribution in [0.15, 0.2) is 28.2 Å². The lowest BCUT2D eigenvalue weighted by Crippen LogP contribution is -1.91. The first-order chi connectivity index (χ1) is 6.68. The lowest BCUT2D eigenvalue weighted by molar-refractivity contribution is 0.0696. The first kappa shape index (κ1) is 9.02. The zero-order valence-electron chi connectivity index (χ0n) is 7.48. The number of aryl methyl sites for hydroxylation is 1. The molecule has 0 aliphatic heterocycles. The monoisotopic (exact) mass is 208 g/mol. The van der Waals surface area contributed by atoms with Crippen LogP contribution in [0.25, 0.3) is 10.6 Å². The molecular formula is C10H8O3S. The molecule has 2 heterocycles. The van der Waals surface area contributed by atoms with Gasteiger partial charge in [-0.05, 0) is 30.0 Å². The highest BCUT2D eigenvalue weighted by atomic mass is 32.1. The van der Waals surface area contributed by atoms with Crippen molar-refractivity contribution in [3.8, 4) is 10.6 Å². The van der Waals surface area contributed by atoms with E-state index in [0.29, 0.717) is 5.76 Å². The van der Waals surface area contributed by atoms with Gasteiger partial charge in [0.05, 0.1) is 10.4 Å². The average molecular weight is 208 g/mol. The molecule has 0 aliphatic rings. The fourth-order valence-corrected chi connectivity index (χ4v) is 2.08. The van der Waals surface area contributed by atoms with Crippen LogP contribution in [0.4, 0.5) is 0 Å². The van der Waals surface area contributed by atoms with Crippen LogP contribution in [0.1, 0.15) is 15.9 Å². The standard InChI is InChI=1S/C10H8O3S/c1-6-2-3-14-9(6)8-4-7(5-13-8)10(11)12/h2-5H,1H3,(H,11,12). The van der Waals surface area contributed by atoms with Crippen LogP contribution in [0, 0.1) is 6.92 Å². The molecule has 2 aromatic rings. The van der Waals surface area contributed by atoms with Crippen LogP contribution < -0.4 is 0 Å². The largest absolute Gasteiger partial charge is 0.478 e. The van der Waals surface area contributed by atoms with Crippen molar-refractivity contribution in [2.24, 2.45) is 0 Å². The number of carboxylic acids is 1. The summed E-state index contributed by atoms with van der Waals surface area (Å²) in [6.45, 7) is 1.97. The van der Waals surface area contributed by atoms with Gasteiger partial charge in [0, 0.05) is 0 Å². The summed E-state index contributed by atoms with van der Waals surface area (Å²) in [7, 11) is 0. The maximum Gasteiger partial charge on any atom is 0.338 e. The lowest BCUT2D eigenvalue weighted by Gasteiger charge is -1.91. The Bertz CT molecular complexity index is 467. The molecule has 4 heteroatoms. The zero-order valence-corrected chi connectivity index (χ0v) is 8.30. The Balaban J connectivity index is 2.43. The Labute approximate surface area is 84.6 Å². The average Bonchev–Trinajstić information content (AvgIpc) is 2.71. The number of carboxylic acid groups (broad SMARTS) is 1. The van der Waals surface area contributed by atoms with Crippen molar-refractivity contribution in [1.29, 1.82) is 0 Å². The highest BCUT2D eigenvalue weighted by molar-refractivity contribution is 7.13. The molecule has 0 aromatic carbocycles. The predicted octanol–water partition coefficient (Wildman–Crippen LogP) is 3.01. The summed E-state index contributed by atoms with van der Waals surface area (Å²) in [4.78, 5) is 11.6. The third-order valence-corrected chi connectivity index (χ3v) is 2.96. The normalized spacial score (nSPS) is 10.4. The topological polar surface area (TPSA) is 50.4 Å². The molecular weight excluding hydrogens is 200 g/mol. The molecule has 0 saturated heterocycles. The van der Waals surface area contributed by atoms with Crippen molar-refractivity contribution >= 4 is 17.3 Å². The van der Waals surface area contributed by atoms with Crippen LogP contribution in [-0.2, 0) is 0 Å². The van der Waals surface area contributed by atoms with E-state index < -0.39 is 5.97 Å². The first-order valence-electron chi connectivity index (χ1n) is 4.05. The Kier molecular flexibility index (Phi) is 2.13. The van der Waals surface area contributed by atoms with Gasteiger partial charge in [-0.15, -0.1) is 11.3 Å². The van der Waals surface area contributed by atoms with Crippen molar-refractivity contribution in [2.45, 2.75) is 6.92 Å². The lowest BCUT2D eigenvalue weighted by atomic mass is 10.2. The summed E-state index contributed by atoms with van der Waals surface area (Å²) < 4.78 is 5.18. The van der Waals surface area contributed by atoms with Gasteiger partial charge in [-0.3, -0.25) is 0 Å². The molecule has 0 aliphatic carbocycles. The van der Waals surface area contributed by atoms with Gasteiger partial charge in [-0.1, -0.05) is 0 Å². The molecule has 1 N–H and O–H groups in total. The smallest absolute Gasteiger partial charge is 0.338 e. The third kappa shape index (κ3) is 1.44. The molecule has 0 bridgehead atoms. The fourth-order valence-electron chi connectivity index (χ4n) is 1.19. The van der Waals surface area contributed by atoms with E-state index in [9.17, 15) is 4.79 Å². The second kappa shape index (κ2) is 3.31. The molecule has 0 saturated carbocycles. The summed E-state index contributed by atoms with van der Waals surface area (Å²) in [6.07, 6.45) is 1.26. The molecule has 0 fully saturated rings. The summed E-state index contributed by atoms with van der Waals surface area (Å²) in [6, 6.07) is 3.52. The number of hydrogen-bond donors (Lipinski definition) is 1. The zero-order chi connectivity index (χ0) is 10.1. The minimum Gasteiger partial charge on any atom is -0.478 e. The van der Waals surface area contributed by atoms with E-state index in [1.807, 2.05) is 18.4 Å². The van der Waals surface area contributed by atoms with E-state index >= 15 is 0 Å². The Morgan fingerprint density at radius 1 is 1.57 bits per heavy atom. The van der Waals surface area contributed by atoms with Gasteiger partial charge in [0.2, 0.25) is 0 Å². The molecule has 0 unspecified atom stereocenters. The van der Waals surface area contributed by atoms with Crippen molar-refractivity contribution in [3.05, 3.63) is 34.9 Å². The Hall–Kier alpha value is -1.55. The van der Waals surface area contributed by atoms with Gasteiger partial charge in [0.15, 0.2) is 0 Å². The molecule has 0 amide bonds. The summed E-state index contributed by atoms with van der Waals surface area (Å²) in [5.41, 5.74) is 1.29. The van der Waals surface area contributed by atoms with E-state index in [0.717, 1.165) is 10.4 Å². The summed E-state index contributed by atoms with van der Waals surface area (Å²) in [5.74, 6) is -0.343. The van der Waals surface area contributed by atoms with Gasteiger partial charge < -0.3 is 9.52 Å². The van der Waals surface area contributed by atoms with E-state index in [1.54, 1.807) is 17.4 Å². The molecule has 14 heavy (non-hydrogen) atoms. The highest BCUT2D eigenvalue weighted by Crippen LogP contribution is 2.30. The molecule has 0 radical (unpaired) electrons. The van der Waals surface area contributed by atoms with Gasteiger partial charge in [-0.25, -0.2) is 4.79 Å². The quantitative estimate of drug-likeness (QED) is 0.825. The minimum atomic E-state index is -0.964. The van der Waals surface area contributed by atoms with Crippen LogP contribution in [0.2, 0.25) is 0 Å². The first-order valence-corrected chi connectivity index (χ1v) is 4.93. The Morgan fingerprint density at radius 2 is 2.36 bits per heavy atom. The van der Waals surface area contributed by atoms with Crippen LogP contribution >= 0.6 is 11.3 Å². The number of hydrogen-bond acceptors (Lipinski definition) is 3. The number of thiophene rings is 1. The maximum absolute atomic E-state index is 10.6. The molecule has 2 rings (SSSR count). The second-order valence-electron chi connectivity index (χ2n) is 2.94. The van der Waals surface area contributed by atoms with Crippen molar-refractivity contribution in [3.63, 3.8) is 0 Å². The predicted molar refractivity (Wildman–Crippen MR) is 53.7 cm³/mol. The van der Waals surface area contributed by atoms with Crippen LogP contribution in [-0.4, -0.2) is 11.1 Å². The van der Waals surface area contributed by atoms with E-state index in [1.165, 1.54) is 6.26 Å². The second-order valence-corrected chi connectivity index (χ2v) is 3.85. The Morgan fingerprint density at radius 3 is 2.86 bits per heavy atom. The van der Waals surface area contributed by atoms with Crippen molar-refractivity contribution in [1.82, 2.24) is 0 Å². The van der Waals surface area contributed by atoms with Gasteiger partial charge in [0.25, 0.3) is 0 Å². The van der Waals surface area contributed by atoms with Gasteiger partial charge in [-0.2, -0.15) is 0 Å². The van der Waals surface area contributed by atoms with Gasteiger partial charge >= 0.3 is 5.97 Å². The number of aromatic carboxylic acids is 1. The molecule has 0 spiro atoms. The number of carbonyl (C=O) groups is 1. The van der Waals surface area contributed by atoms with E-state index in [4.69, 9.17) is 9.52 Å². The minimum absolute atomic E-state index is 0.188. The van der Waals surface area contributed by atoms with Gasteiger partial charge in [0.1, 0.15) is 12.0 Å². The summed E-state index contributed by atoms with van der Waals surface area (Å²) >= 11 is 1.54. The van der Waals surface area contributed by atoms with Crippen LogP contribution in [0.3, 0.4) is 0 Å². The third-order valence-electron chi connectivity index (χ3n) is 1.93. The summed E-state index contributed by atoms with van der Waals surface area (Å²) in [5, 5.41) is 10.7. The maximum atomic E-state index is 10.6. The SMILES string of the molecule is Cc1ccsc1-c1cc(C(=O)O)co1. The van der Waals surface area contributed by atoms with Crippen LogP contribution in [0.5, 0.6) is 0 Å². The molecule has 2 aromatic heterocycles. The van der Waals surface area contributed by atoms with Crippen molar-refractivity contribution < 1.29 is 14.3 Å². The van der Waals surface area contributed by atoms with E-state index in [2.05, 4.69) is 0 Å². The molecule has 3 nitrogen and oxygen atoms in total. The molecule has 0 atom stereocenters. The highest BCUT2D eigenvalue weighted by Gasteiger charge is 2.11. The number of rotatable bonds is 2. The molecule has 72 valence electrons.